The van der Waals surface area contributed by atoms with Gasteiger partial charge < -0.3 is 4.90 Å². The topological polar surface area (TPSA) is 46.1 Å². The minimum Gasteiger partial charge on any atom is -0.338 e. The Hall–Kier alpha value is -2.72. The molecule has 0 unspecified atom stereocenters. The predicted octanol–water partition coefficient (Wildman–Crippen LogP) is 5.85. The molecular formula is C26H26ClN3O. The lowest BCUT2D eigenvalue weighted by Crippen LogP contribution is -2.30. The number of rotatable bonds is 3. The van der Waals surface area contributed by atoms with Crippen molar-refractivity contribution in [2.75, 3.05) is 13.1 Å². The van der Waals surface area contributed by atoms with Crippen molar-refractivity contribution in [1.29, 1.82) is 0 Å². The average molecular weight is 432 g/mol. The first-order valence-electron chi connectivity index (χ1n) is 10.8. The van der Waals surface area contributed by atoms with Gasteiger partial charge in [-0.2, -0.15) is 0 Å². The standard InChI is InChI=1S/C26H26ClN3O/c1-26(2,3)24-11-16(6-7-29-24)18-8-19(13-28-12-18)22-5-4-17(10-23(22)27)25(31)30-14-20-9-21(20)15-30/h4-8,10-13,20-21H,9,14-15H2,1-3H3/t20-,21+. The Morgan fingerprint density at radius 3 is 2.45 bits per heavy atom. The number of hydrogen-bond donors (Lipinski definition) is 0. The maximum atomic E-state index is 12.8. The van der Waals surface area contributed by atoms with Crippen LogP contribution in [0.15, 0.2) is 55.0 Å². The molecule has 4 nitrogen and oxygen atoms in total. The minimum absolute atomic E-state index is 0.0252. The third-order valence-corrected chi connectivity index (χ3v) is 6.71. The number of benzene rings is 1. The quantitative estimate of drug-likeness (QED) is 0.522. The smallest absolute Gasteiger partial charge is 0.253 e. The Labute approximate surface area is 188 Å². The Kier molecular flexibility index (Phi) is 4.86. The first kappa shape index (κ1) is 20.2. The Morgan fingerprint density at radius 1 is 1.00 bits per heavy atom. The van der Waals surface area contributed by atoms with Gasteiger partial charge in [0.15, 0.2) is 0 Å². The fourth-order valence-electron chi connectivity index (χ4n) is 4.39. The average Bonchev–Trinajstić information content (AvgIpc) is 3.37. The summed E-state index contributed by atoms with van der Waals surface area (Å²) in [6.07, 6.45) is 6.79. The number of amides is 1. The summed E-state index contributed by atoms with van der Waals surface area (Å²) < 4.78 is 0. The number of aromatic nitrogens is 2. The van der Waals surface area contributed by atoms with Crippen LogP contribution < -0.4 is 0 Å². The van der Waals surface area contributed by atoms with Gasteiger partial charge >= 0.3 is 0 Å². The van der Waals surface area contributed by atoms with E-state index in [9.17, 15) is 4.79 Å². The molecule has 3 aromatic rings. The molecule has 0 bridgehead atoms. The fourth-order valence-corrected chi connectivity index (χ4v) is 4.68. The summed E-state index contributed by atoms with van der Waals surface area (Å²) in [7, 11) is 0. The fraction of sp³-hybridized carbons (Fsp3) is 0.346. The third-order valence-electron chi connectivity index (χ3n) is 6.39. The van der Waals surface area contributed by atoms with Crippen LogP contribution in [0.25, 0.3) is 22.3 Å². The second kappa shape index (κ2) is 7.45. The van der Waals surface area contributed by atoms with Gasteiger partial charge in [0.1, 0.15) is 0 Å². The molecule has 0 spiro atoms. The largest absolute Gasteiger partial charge is 0.338 e. The van der Waals surface area contributed by atoms with Crippen LogP contribution in [0.5, 0.6) is 0 Å². The van der Waals surface area contributed by atoms with Crippen molar-refractivity contribution in [3.05, 3.63) is 71.3 Å². The van der Waals surface area contributed by atoms with E-state index < -0.39 is 0 Å². The molecule has 1 aromatic carbocycles. The number of hydrogen-bond acceptors (Lipinski definition) is 3. The van der Waals surface area contributed by atoms with Crippen molar-refractivity contribution in [3.63, 3.8) is 0 Å². The van der Waals surface area contributed by atoms with Gasteiger partial charge in [0, 0.05) is 70.1 Å². The second-order valence-electron chi connectivity index (χ2n) is 9.80. The van der Waals surface area contributed by atoms with E-state index in [2.05, 4.69) is 42.9 Å². The maximum Gasteiger partial charge on any atom is 0.253 e. The van der Waals surface area contributed by atoms with Crippen LogP contribution in [-0.2, 0) is 5.41 Å². The minimum atomic E-state index is -0.0252. The highest BCUT2D eigenvalue weighted by atomic mass is 35.5. The molecule has 1 amide bonds. The highest BCUT2D eigenvalue weighted by Gasteiger charge is 2.46. The molecule has 2 fully saturated rings. The van der Waals surface area contributed by atoms with Crippen LogP contribution in [0.1, 0.15) is 43.2 Å². The highest BCUT2D eigenvalue weighted by Crippen LogP contribution is 2.45. The number of pyridine rings is 2. The summed E-state index contributed by atoms with van der Waals surface area (Å²) in [4.78, 5) is 23.7. The first-order valence-corrected chi connectivity index (χ1v) is 11.2. The summed E-state index contributed by atoms with van der Waals surface area (Å²) in [5.74, 6) is 1.53. The second-order valence-corrected chi connectivity index (χ2v) is 10.2. The lowest BCUT2D eigenvalue weighted by Gasteiger charge is -2.19. The van der Waals surface area contributed by atoms with Gasteiger partial charge in [0.05, 0.1) is 0 Å². The number of fused-ring (bicyclic) bond motifs is 1. The molecule has 31 heavy (non-hydrogen) atoms. The van der Waals surface area contributed by atoms with Crippen molar-refractivity contribution in [1.82, 2.24) is 14.9 Å². The van der Waals surface area contributed by atoms with E-state index in [-0.39, 0.29) is 11.3 Å². The van der Waals surface area contributed by atoms with Gasteiger partial charge in [0.2, 0.25) is 0 Å². The van der Waals surface area contributed by atoms with Crippen LogP contribution in [-0.4, -0.2) is 33.9 Å². The van der Waals surface area contributed by atoms with E-state index in [1.54, 1.807) is 6.07 Å². The summed E-state index contributed by atoms with van der Waals surface area (Å²) in [5, 5.41) is 0.569. The number of nitrogens with zero attached hydrogens (tertiary/aromatic N) is 3. The van der Waals surface area contributed by atoms with E-state index in [0.717, 1.165) is 52.9 Å². The lowest BCUT2D eigenvalue weighted by molar-refractivity contribution is 0.0775. The van der Waals surface area contributed by atoms with Crippen molar-refractivity contribution in [3.8, 4) is 22.3 Å². The van der Waals surface area contributed by atoms with Crippen molar-refractivity contribution < 1.29 is 4.79 Å². The van der Waals surface area contributed by atoms with Gasteiger partial charge in [-0.15, -0.1) is 0 Å². The monoisotopic (exact) mass is 431 g/mol. The summed E-state index contributed by atoms with van der Waals surface area (Å²) in [6.45, 7) is 8.24. The number of likely N-dealkylation sites (tertiary alicyclic amines) is 1. The highest BCUT2D eigenvalue weighted by molar-refractivity contribution is 6.33. The molecule has 3 heterocycles. The molecule has 1 aliphatic carbocycles. The molecule has 0 radical (unpaired) electrons. The van der Waals surface area contributed by atoms with Gasteiger partial charge in [-0.25, -0.2) is 0 Å². The predicted molar refractivity (Wildman–Crippen MR) is 124 cm³/mol. The number of piperidine rings is 1. The van der Waals surface area contributed by atoms with Crippen molar-refractivity contribution in [2.24, 2.45) is 11.8 Å². The molecule has 5 heteroatoms. The van der Waals surface area contributed by atoms with Crippen LogP contribution in [0, 0.1) is 11.8 Å². The maximum absolute atomic E-state index is 12.8. The Morgan fingerprint density at radius 2 is 1.74 bits per heavy atom. The Balaban J connectivity index is 1.43. The van der Waals surface area contributed by atoms with E-state index in [4.69, 9.17) is 11.6 Å². The van der Waals surface area contributed by atoms with E-state index in [1.165, 1.54) is 6.42 Å². The van der Waals surface area contributed by atoms with Gasteiger partial charge in [-0.3, -0.25) is 14.8 Å². The zero-order valence-corrected chi connectivity index (χ0v) is 18.9. The molecule has 2 aliphatic rings. The molecule has 0 N–H and O–H groups in total. The van der Waals surface area contributed by atoms with Crippen LogP contribution >= 0.6 is 11.6 Å². The molecule has 2 atom stereocenters. The number of carbonyl (C=O) groups excluding carboxylic acids is 1. The van der Waals surface area contributed by atoms with Crippen LogP contribution in [0.2, 0.25) is 5.02 Å². The summed E-state index contributed by atoms with van der Waals surface area (Å²) in [6, 6.07) is 11.8. The van der Waals surface area contributed by atoms with E-state index in [1.807, 2.05) is 41.7 Å². The van der Waals surface area contributed by atoms with Gasteiger partial charge in [-0.05, 0) is 54.2 Å². The number of carbonyl (C=O) groups is 1. The summed E-state index contributed by atoms with van der Waals surface area (Å²) >= 11 is 6.63. The van der Waals surface area contributed by atoms with Gasteiger partial charge in [-0.1, -0.05) is 38.4 Å². The van der Waals surface area contributed by atoms with Crippen molar-refractivity contribution in [2.45, 2.75) is 32.6 Å². The van der Waals surface area contributed by atoms with E-state index >= 15 is 0 Å². The third kappa shape index (κ3) is 3.97. The first-order chi connectivity index (χ1) is 14.8. The zero-order chi connectivity index (χ0) is 21.8. The van der Waals surface area contributed by atoms with Crippen LogP contribution in [0.3, 0.4) is 0 Å². The molecule has 2 aromatic heterocycles. The van der Waals surface area contributed by atoms with Crippen molar-refractivity contribution >= 4 is 17.5 Å². The lowest BCUT2D eigenvalue weighted by atomic mass is 9.90. The molecule has 158 valence electrons. The molecule has 1 aliphatic heterocycles. The molecule has 1 saturated heterocycles. The molecule has 1 saturated carbocycles. The van der Waals surface area contributed by atoms with Gasteiger partial charge in [0.25, 0.3) is 5.91 Å². The normalized spacial score (nSPS) is 19.9. The molecular weight excluding hydrogens is 406 g/mol. The van der Waals surface area contributed by atoms with E-state index in [0.29, 0.717) is 10.6 Å². The van der Waals surface area contributed by atoms with Crippen LogP contribution in [0.4, 0.5) is 0 Å². The Bertz CT molecular complexity index is 1160. The summed E-state index contributed by atoms with van der Waals surface area (Å²) in [5.41, 5.74) is 5.56. The SMILES string of the molecule is CC(C)(C)c1cc(-c2cncc(-c3ccc(C(=O)N4C[C@H]5C[C@H]5C4)cc3Cl)c2)ccn1. The number of halogens is 1. The zero-order valence-electron chi connectivity index (χ0n) is 18.1. The molecule has 5 rings (SSSR count).